The normalized spacial score (nSPS) is 17.5. The van der Waals surface area contributed by atoms with Gasteiger partial charge in [0.25, 0.3) is 11.8 Å². The Morgan fingerprint density at radius 3 is 2.90 bits per heavy atom. The number of carbonyl (C=O) groups is 2. The van der Waals surface area contributed by atoms with Crippen molar-refractivity contribution in [2.24, 2.45) is 0 Å². The molecule has 0 unspecified atom stereocenters. The lowest BCUT2D eigenvalue weighted by Crippen LogP contribution is -2.47. The maximum atomic E-state index is 12.8. The van der Waals surface area contributed by atoms with Crippen LogP contribution in [0.25, 0.3) is 0 Å². The van der Waals surface area contributed by atoms with Gasteiger partial charge in [-0.1, -0.05) is 25.2 Å². The van der Waals surface area contributed by atoms with Gasteiger partial charge in [0.1, 0.15) is 18.2 Å². The van der Waals surface area contributed by atoms with Gasteiger partial charge in [-0.25, -0.2) is 14.3 Å². The van der Waals surface area contributed by atoms with E-state index in [4.69, 9.17) is 0 Å². The highest BCUT2D eigenvalue weighted by atomic mass is 16.2. The van der Waals surface area contributed by atoms with Gasteiger partial charge in [0.15, 0.2) is 0 Å². The number of amides is 2. The predicted octanol–water partition coefficient (Wildman–Crippen LogP) is 1.86. The van der Waals surface area contributed by atoms with E-state index in [9.17, 15) is 9.59 Å². The molecular weight excluding hydrogens is 370 g/mol. The third kappa shape index (κ3) is 4.61. The highest BCUT2D eigenvalue weighted by Crippen LogP contribution is 2.20. The molecule has 0 aliphatic carbocycles. The molecule has 29 heavy (non-hydrogen) atoms. The molecule has 1 atom stereocenters. The Bertz CT molecular complexity index is 954. The number of rotatable bonds is 6. The second-order valence-corrected chi connectivity index (χ2v) is 7.02. The summed E-state index contributed by atoms with van der Waals surface area (Å²) in [5.41, 5.74) is 1.93. The monoisotopic (exact) mass is 397 g/mol. The van der Waals surface area contributed by atoms with Gasteiger partial charge in [-0.15, -0.1) is 5.10 Å². The lowest BCUT2D eigenvalue weighted by atomic mass is 10.2. The first-order chi connectivity index (χ1) is 13.9. The van der Waals surface area contributed by atoms with E-state index < -0.39 is 11.9 Å². The van der Waals surface area contributed by atoms with Crippen LogP contribution in [0, 0.1) is 6.92 Å². The Hall–Kier alpha value is -3.23. The van der Waals surface area contributed by atoms with Crippen LogP contribution in [0.15, 0.2) is 36.2 Å². The SMILES string of the molecule is C/C=C(\C=C/CC)Cn1cnc(C(=O)N[C@H]2CCn3nc(C)cc3N(C)C2=O)n1. The van der Waals surface area contributed by atoms with Crippen molar-refractivity contribution in [3.8, 4) is 0 Å². The molecule has 9 heteroatoms. The van der Waals surface area contributed by atoms with E-state index in [-0.39, 0.29) is 11.7 Å². The molecule has 0 spiro atoms. The third-order valence-corrected chi connectivity index (χ3v) is 4.81. The van der Waals surface area contributed by atoms with Crippen LogP contribution >= 0.6 is 0 Å². The molecule has 0 aromatic carbocycles. The van der Waals surface area contributed by atoms with E-state index in [0.29, 0.717) is 19.5 Å². The number of nitrogens with one attached hydrogen (secondary N) is 1. The van der Waals surface area contributed by atoms with E-state index in [2.05, 4.69) is 33.5 Å². The molecule has 1 N–H and O–H groups in total. The molecule has 3 rings (SSSR count). The number of nitrogens with zero attached hydrogens (tertiary/aromatic N) is 6. The third-order valence-electron chi connectivity index (χ3n) is 4.81. The maximum Gasteiger partial charge on any atom is 0.291 e. The van der Waals surface area contributed by atoms with E-state index in [1.54, 1.807) is 16.4 Å². The predicted molar refractivity (Wildman–Crippen MR) is 109 cm³/mol. The Morgan fingerprint density at radius 1 is 1.38 bits per heavy atom. The fourth-order valence-electron chi connectivity index (χ4n) is 3.22. The van der Waals surface area contributed by atoms with Crippen molar-refractivity contribution < 1.29 is 9.59 Å². The molecule has 0 saturated heterocycles. The minimum Gasteiger partial charge on any atom is -0.337 e. The van der Waals surface area contributed by atoms with Gasteiger partial charge < -0.3 is 5.32 Å². The lowest BCUT2D eigenvalue weighted by Gasteiger charge is -2.19. The Kier molecular flexibility index (Phi) is 6.26. The number of likely N-dealkylation sites (N-methyl/N-ethyl adjacent to an activating group) is 1. The average molecular weight is 397 g/mol. The molecule has 3 heterocycles. The first-order valence-corrected chi connectivity index (χ1v) is 9.77. The summed E-state index contributed by atoms with van der Waals surface area (Å²) in [7, 11) is 1.69. The highest BCUT2D eigenvalue weighted by Gasteiger charge is 2.31. The topological polar surface area (TPSA) is 97.9 Å². The highest BCUT2D eigenvalue weighted by molar-refractivity contribution is 6.00. The number of aryl methyl sites for hydroxylation is 2. The molecule has 0 radical (unpaired) electrons. The Morgan fingerprint density at radius 2 is 2.17 bits per heavy atom. The molecule has 0 fully saturated rings. The van der Waals surface area contributed by atoms with Crippen LogP contribution in [0.4, 0.5) is 5.82 Å². The number of aromatic nitrogens is 5. The summed E-state index contributed by atoms with van der Waals surface area (Å²) in [6, 6.07) is 1.21. The van der Waals surface area contributed by atoms with Crippen LogP contribution in [0.2, 0.25) is 0 Å². The summed E-state index contributed by atoms with van der Waals surface area (Å²) < 4.78 is 3.40. The number of fused-ring (bicyclic) bond motifs is 1. The number of hydrogen-bond donors (Lipinski definition) is 1. The molecule has 9 nitrogen and oxygen atoms in total. The number of allylic oxidation sites excluding steroid dienone is 4. The smallest absolute Gasteiger partial charge is 0.291 e. The van der Waals surface area contributed by atoms with E-state index in [1.165, 1.54) is 11.2 Å². The average Bonchev–Trinajstić information content (AvgIpc) is 3.31. The molecule has 2 aromatic heterocycles. The second-order valence-electron chi connectivity index (χ2n) is 7.02. The molecule has 0 saturated carbocycles. The molecular formula is C20H27N7O2. The van der Waals surface area contributed by atoms with E-state index in [1.807, 2.05) is 32.1 Å². The molecule has 154 valence electrons. The Labute approximate surface area is 170 Å². The number of anilines is 1. The summed E-state index contributed by atoms with van der Waals surface area (Å²) in [5, 5.41) is 11.4. The summed E-state index contributed by atoms with van der Waals surface area (Å²) in [6.45, 7) is 6.99. The van der Waals surface area contributed by atoms with Gasteiger partial charge in [-0.3, -0.25) is 14.5 Å². The maximum absolute atomic E-state index is 12.8. The summed E-state index contributed by atoms with van der Waals surface area (Å²) >= 11 is 0. The molecule has 1 aliphatic heterocycles. The van der Waals surface area contributed by atoms with Gasteiger partial charge in [-0.05, 0) is 32.3 Å². The number of hydrogen-bond acceptors (Lipinski definition) is 5. The zero-order valence-electron chi connectivity index (χ0n) is 17.3. The second kappa shape index (κ2) is 8.85. The summed E-state index contributed by atoms with van der Waals surface area (Å²) in [4.78, 5) is 31.0. The van der Waals surface area contributed by atoms with Crippen LogP contribution in [-0.4, -0.2) is 49.4 Å². The van der Waals surface area contributed by atoms with Gasteiger partial charge >= 0.3 is 0 Å². The zero-order valence-corrected chi connectivity index (χ0v) is 17.3. The van der Waals surface area contributed by atoms with Crippen LogP contribution < -0.4 is 10.2 Å². The summed E-state index contributed by atoms with van der Waals surface area (Å²) in [6.07, 6.45) is 9.03. The van der Waals surface area contributed by atoms with E-state index >= 15 is 0 Å². The zero-order chi connectivity index (χ0) is 21.0. The fraction of sp³-hybridized carbons (Fsp3) is 0.450. The number of carbonyl (C=O) groups excluding carboxylic acids is 2. The van der Waals surface area contributed by atoms with Gasteiger partial charge in [0.2, 0.25) is 5.82 Å². The van der Waals surface area contributed by atoms with E-state index in [0.717, 1.165) is 23.5 Å². The molecule has 2 aromatic rings. The van der Waals surface area contributed by atoms with Crippen LogP contribution in [0.1, 0.15) is 43.0 Å². The lowest BCUT2D eigenvalue weighted by molar-refractivity contribution is -0.120. The Balaban J connectivity index is 1.66. The minimum absolute atomic E-state index is 0.0493. The van der Waals surface area contributed by atoms with Gasteiger partial charge in [0, 0.05) is 19.7 Å². The van der Waals surface area contributed by atoms with Crippen molar-refractivity contribution in [3.05, 3.63) is 47.7 Å². The van der Waals surface area contributed by atoms with Crippen molar-refractivity contribution in [1.82, 2.24) is 29.9 Å². The summed E-state index contributed by atoms with van der Waals surface area (Å²) in [5.74, 6) is 0.133. The van der Waals surface area contributed by atoms with Crippen LogP contribution in [0.3, 0.4) is 0 Å². The standard InChI is InChI=1S/C20H27N7O2/c1-5-7-8-15(6-2)12-26-13-21-18(24-26)19(28)22-16-9-10-27-17(11-14(3)23-27)25(4)20(16)29/h6-8,11,13,16H,5,9-10,12H2,1-4H3,(H,22,28)/b8-7-,15-6+/t16-/m0/s1. The van der Waals surface area contributed by atoms with Crippen molar-refractivity contribution in [2.45, 2.75) is 52.7 Å². The van der Waals surface area contributed by atoms with Crippen molar-refractivity contribution in [1.29, 1.82) is 0 Å². The fourth-order valence-corrected chi connectivity index (χ4v) is 3.22. The quantitative estimate of drug-likeness (QED) is 0.751. The first-order valence-electron chi connectivity index (χ1n) is 9.77. The molecule has 0 bridgehead atoms. The van der Waals surface area contributed by atoms with Crippen molar-refractivity contribution >= 4 is 17.6 Å². The largest absolute Gasteiger partial charge is 0.337 e. The van der Waals surface area contributed by atoms with Gasteiger partial charge in [-0.2, -0.15) is 5.10 Å². The van der Waals surface area contributed by atoms with Crippen molar-refractivity contribution in [3.63, 3.8) is 0 Å². The molecule has 1 aliphatic rings. The van der Waals surface area contributed by atoms with Gasteiger partial charge in [0.05, 0.1) is 12.2 Å². The minimum atomic E-state index is -0.653. The van der Waals surface area contributed by atoms with Crippen molar-refractivity contribution in [2.75, 3.05) is 11.9 Å². The first kappa shape index (κ1) is 20.5. The van der Waals surface area contributed by atoms with Crippen LogP contribution in [0.5, 0.6) is 0 Å². The molecule has 2 amide bonds. The van der Waals surface area contributed by atoms with Crippen LogP contribution in [-0.2, 0) is 17.9 Å².